The topological polar surface area (TPSA) is 60.2 Å². The summed E-state index contributed by atoms with van der Waals surface area (Å²) in [6, 6.07) is 12.8. The minimum Gasteiger partial charge on any atom is -0.490 e. The second kappa shape index (κ2) is 8.76. The number of benzene rings is 2. The highest BCUT2D eigenvalue weighted by molar-refractivity contribution is 5.71. The van der Waals surface area contributed by atoms with E-state index in [0.717, 1.165) is 0 Å². The fourth-order valence-corrected chi connectivity index (χ4v) is 1.70. The molecule has 0 saturated carbocycles. The van der Waals surface area contributed by atoms with Gasteiger partial charge in [-0.1, -0.05) is 13.8 Å². The third-order valence-electron chi connectivity index (χ3n) is 3.01. The largest absolute Gasteiger partial charge is 0.490 e. The van der Waals surface area contributed by atoms with E-state index in [9.17, 15) is 9.18 Å². The van der Waals surface area contributed by atoms with Gasteiger partial charge in [0.15, 0.2) is 0 Å². The Labute approximate surface area is 140 Å². The van der Waals surface area contributed by atoms with Crippen molar-refractivity contribution in [3.8, 4) is 5.75 Å². The van der Waals surface area contributed by atoms with Gasteiger partial charge in [0.1, 0.15) is 24.8 Å². The fourth-order valence-electron chi connectivity index (χ4n) is 1.70. The Kier molecular flexibility index (Phi) is 6.42. The van der Waals surface area contributed by atoms with Gasteiger partial charge in [-0.25, -0.2) is 4.39 Å². The summed E-state index contributed by atoms with van der Waals surface area (Å²) in [6.45, 7) is 4.06. The van der Waals surface area contributed by atoms with E-state index in [1.54, 1.807) is 50.2 Å². The van der Waals surface area contributed by atoms with Crippen LogP contribution in [0.2, 0.25) is 0 Å². The van der Waals surface area contributed by atoms with E-state index in [4.69, 9.17) is 9.47 Å². The van der Waals surface area contributed by atoms with Crippen molar-refractivity contribution >= 4 is 17.3 Å². The molecule has 0 aliphatic carbocycles. The van der Waals surface area contributed by atoms with Gasteiger partial charge >= 0.3 is 5.97 Å². The highest BCUT2D eigenvalue weighted by atomic mass is 19.1. The molecule has 0 bridgehead atoms. The van der Waals surface area contributed by atoms with E-state index in [0.29, 0.717) is 17.1 Å². The number of ether oxygens (including phenoxy) is 2. The van der Waals surface area contributed by atoms with Gasteiger partial charge in [0.25, 0.3) is 0 Å². The average Bonchev–Trinajstić information content (AvgIpc) is 2.59. The molecule has 2 rings (SSSR count). The Morgan fingerprint density at radius 3 is 2.04 bits per heavy atom. The highest BCUT2D eigenvalue weighted by Crippen LogP contribution is 2.21. The number of carbonyl (C=O) groups excluding carboxylic acids is 1. The molecule has 2 aromatic rings. The van der Waals surface area contributed by atoms with Crippen LogP contribution in [0.4, 0.5) is 15.8 Å². The molecule has 0 unspecified atom stereocenters. The van der Waals surface area contributed by atoms with E-state index < -0.39 is 0 Å². The number of halogens is 1. The quantitative estimate of drug-likeness (QED) is 0.415. The van der Waals surface area contributed by atoms with Crippen LogP contribution in [-0.2, 0) is 9.53 Å². The first-order valence-corrected chi connectivity index (χ1v) is 7.61. The second-order valence-corrected chi connectivity index (χ2v) is 5.34. The minimum atomic E-state index is -0.311. The molecule has 0 aromatic heterocycles. The summed E-state index contributed by atoms with van der Waals surface area (Å²) in [5, 5.41) is 8.08. The molecule has 0 heterocycles. The first kappa shape index (κ1) is 17.6. The Balaban J connectivity index is 1.80. The van der Waals surface area contributed by atoms with Crippen LogP contribution in [0.1, 0.15) is 13.8 Å². The van der Waals surface area contributed by atoms with E-state index in [-0.39, 0.29) is 30.9 Å². The van der Waals surface area contributed by atoms with Crippen LogP contribution >= 0.6 is 0 Å². The molecule has 24 heavy (non-hydrogen) atoms. The standard InChI is InChI=1S/C18H19FN2O3/c1-13(2)18(22)24-12-11-23-17-9-7-16(8-10-17)21-20-15-5-3-14(19)4-6-15/h3-10,13H,11-12H2,1-2H3/b21-20+. The lowest BCUT2D eigenvalue weighted by molar-refractivity contribution is -0.148. The normalized spacial score (nSPS) is 11.0. The third-order valence-corrected chi connectivity index (χ3v) is 3.01. The molecule has 0 aliphatic heterocycles. The average molecular weight is 330 g/mol. The summed E-state index contributed by atoms with van der Waals surface area (Å²) in [7, 11) is 0. The summed E-state index contributed by atoms with van der Waals surface area (Å²) in [4.78, 5) is 11.3. The zero-order chi connectivity index (χ0) is 17.4. The van der Waals surface area contributed by atoms with E-state index in [1.807, 2.05) is 0 Å². The first-order chi connectivity index (χ1) is 11.5. The summed E-state index contributed by atoms with van der Waals surface area (Å²) in [6.07, 6.45) is 0. The van der Waals surface area contributed by atoms with Crippen LogP contribution in [0, 0.1) is 11.7 Å². The molecule has 0 aliphatic rings. The maximum Gasteiger partial charge on any atom is 0.308 e. The molecule has 0 fully saturated rings. The molecule has 5 nitrogen and oxygen atoms in total. The Morgan fingerprint density at radius 2 is 1.50 bits per heavy atom. The molecular weight excluding hydrogens is 311 g/mol. The second-order valence-electron chi connectivity index (χ2n) is 5.34. The third kappa shape index (κ3) is 5.79. The van der Waals surface area contributed by atoms with E-state index in [2.05, 4.69) is 10.2 Å². The molecule has 6 heteroatoms. The monoisotopic (exact) mass is 330 g/mol. The summed E-state index contributed by atoms with van der Waals surface area (Å²) < 4.78 is 23.3. The number of hydrogen-bond acceptors (Lipinski definition) is 5. The number of rotatable bonds is 7. The molecule has 0 saturated heterocycles. The number of nitrogens with zero attached hydrogens (tertiary/aromatic N) is 2. The zero-order valence-corrected chi connectivity index (χ0v) is 13.6. The van der Waals surface area contributed by atoms with Gasteiger partial charge in [0.05, 0.1) is 17.3 Å². The summed E-state index contributed by atoms with van der Waals surface area (Å²) >= 11 is 0. The first-order valence-electron chi connectivity index (χ1n) is 7.61. The lowest BCUT2D eigenvalue weighted by Crippen LogP contribution is -2.16. The van der Waals surface area contributed by atoms with Gasteiger partial charge in [-0.15, -0.1) is 0 Å². The van der Waals surface area contributed by atoms with Crippen molar-refractivity contribution in [2.24, 2.45) is 16.1 Å². The van der Waals surface area contributed by atoms with Crippen LogP contribution < -0.4 is 4.74 Å². The van der Waals surface area contributed by atoms with Crippen LogP contribution in [-0.4, -0.2) is 19.2 Å². The minimum absolute atomic E-state index is 0.143. The van der Waals surface area contributed by atoms with Crippen molar-refractivity contribution in [2.45, 2.75) is 13.8 Å². The highest BCUT2D eigenvalue weighted by Gasteiger charge is 2.07. The molecular formula is C18H19FN2O3. The van der Waals surface area contributed by atoms with E-state index >= 15 is 0 Å². The lowest BCUT2D eigenvalue weighted by atomic mass is 10.2. The van der Waals surface area contributed by atoms with Gasteiger partial charge in [-0.2, -0.15) is 10.2 Å². The van der Waals surface area contributed by atoms with Gasteiger partial charge in [-0.05, 0) is 48.5 Å². The molecule has 0 N–H and O–H groups in total. The maximum absolute atomic E-state index is 12.8. The predicted octanol–water partition coefficient (Wildman–Crippen LogP) is 4.82. The van der Waals surface area contributed by atoms with Gasteiger partial charge in [-0.3, -0.25) is 4.79 Å². The molecule has 2 aromatic carbocycles. The van der Waals surface area contributed by atoms with Crippen LogP contribution in [0.25, 0.3) is 0 Å². The zero-order valence-electron chi connectivity index (χ0n) is 13.6. The molecule has 0 radical (unpaired) electrons. The number of hydrogen-bond donors (Lipinski definition) is 0. The van der Waals surface area contributed by atoms with Crippen LogP contribution in [0.15, 0.2) is 58.8 Å². The maximum atomic E-state index is 12.8. The van der Waals surface area contributed by atoms with Crippen molar-refractivity contribution in [1.82, 2.24) is 0 Å². The van der Waals surface area contributed by atoms with Crippen molar-refractivity contribution in [3.63, 3.8) is 0 Å². The molecule has 0 spiro atoms. The van der Waals surface area contributed by atoms with Crippen LogP contribution in [0.3, 0.4) is 0 Å². The number of azo groups is 1. The molecule has 126 valence electrons. The number of carbonyl (C=O) groups is 1. The molecule has 0 atom stereocenters. The number of esters is 1. The van der Waals surface area contributed by atoms with Crippen molar-refractivity contribution in [2.75, 3.05) is 13.2 Å². The molecule has 0 amide bonds. The smallest absolute Gasteiger partial charge is 0.308 e. The van der Waals surface area contributed by atoms with E-state index in [1.165, 1.54) is 12.1 Å². The van der Waals surface area contributed by atoms with Crippen LogP contribution in [0.5, 0.6) is 5.75 Å². The van der Waals surface area contributed by atoms with Gasteiger partial charge in [0, 0.05) is 0 Å². The summed E-state index contributed by atoms with van der Waals surface area (Å²) in [5.41, 5.74) is 1.22. The van der Waals surface area contributed by atoms with Crippen molar-refractivity contribution in [3.05, 3.63) is 54.3 Å². The fraction of sp³-hybridized carbons (Fsp3) is 0.278. The Morgan fingerprint density at radius 1 is 0.958 bits per heavy atom. The van der Waals surface area contributed by atoms with Gasteiger partial charge in [0.2, 0.25) is 0 Å². The van der Waals surface area contributed by atoms with Gasteiger partial charge < -0.3 is 9.47 Å². The lowest BCUT2D eigenvalue weighted by Gasteiger charge is -2.08. The van der Waals surface area contributed by atoms with Crippen molar-refractivity contribution < 1.29 is 18.7 Å². The SMILES string of the molecule is CC(C)C(=O)OCCOc1ccc(/N=N/c2ccc(F)cc2)cc1. The Hall–Kier alpha value is -2.76. The predicted molar refractivity (Wildman–Crippen MR) is 88.3 cm³/mol. The summed E-state index contributed by atoms with van der Waals surface area (Å²) in [5.74, 6) is -0.0447. The van der Waals surface area contributed by atoms with Crippen molar-refractivity contribution in [1.29, 1.82) is 0 Å². The Bertz CT molecular complexity index is 682.